The Hall–Kier alpha value is -0.0400. The van der Waals surface area contributed by atoms with Gasteiger partial charge in [0.2, 0.25) is 0 Å². The molecule has 0 aliphatic carbocycles. The van der Waals surface area contributed by atoms with Crippen LogP contribution >= 0.6 is 0 Å². The van der Waals surface area contributed by atoms with E-state index in [-0.39, 0.29) is 0 Å². The molecule has 0 aromatic rings. The first-order chi connectivity index (χ1) is 4.83. The summed E-state index contributed by atoms with van der Waals surface area (Å²) >= 11 is 0. The van der Waals surface area contributed by atoms with E-state index in [1.807, 2.05) is 0 Å². The van der Waals surface area contributed by atoms with E-state index in [4.69, 9.17) is 0 Å². The average molecular weight is 141 g/mol. The van der Waals surface area contributed by atoms with E-state index < -0.39 is 0 Å². The van der Waals surface area contributed by atoms with Crippen LogP contribution in [0.1, 0.15) is 39.5 Å². The predicted molar refractivity (Wildman–Crippen MR) is 45.1 cm³/mol. The van der Waals surface area contributed by atoms with E-state index in [0.717, 1.165) is 12.0 Å². The van der Waals surface area contributed by atoms with Crippen molar-refractivity contribution >= 4 is 0 Å². The maximum atomic E-state index is 3.48. The Kier molecular flexibility index (Phi) is 3.20. The molecular weight excluding hydrogens is 122 g/mol. The third kappa shape index (κ3) is 2.30. The quantitative estimate of drug-likeness (QED) is 0.635. The smallest absolute Gasteiger partial charge is 0.00419 e. The van der Waals surface area contributed by atoms with E-state index in [1.165, 1.54) is 32.2 Å². The van der Waals surface area contributed by atoms with Crippen LogP contribution in [0.3, 0.4) is 0 Å². The monoisotopic (exact) mass is 141 g/mol. The summed E-state index contributed by atoms with van der Waals surface area (Å²) in [6.07, 6.45) is 5.61. The van der Waals surface area contributed by atoms with Gasteiger partial charge in [0.25, 0.3) is 0 Å². The lowest BCUT2D eigenvalue weighted by atomic mass is 10.00. The number of rotatable bonds is 3. The van der Waals surface area contributed by atoms with Gasteiger partial charge in [0.1, 0.15) is 0 Å². The van der Waals surface area contributed by atoms with Crippen LogP contribution in [0.4, 0.5) is 0 Å². The Morgan fingerprint density at radius 1 is 1.50 bits per heavy atom. The summed E-state index contributed by atoms with van der Waals surface area (Å²) in [6, 6.07) is 0.779. The minimum absolute atomic E-state index is 0.779. The highest BCUT2D eigenvalue weighted by atomic mass is 14.9. The fourth-order valence-corrected chi connectivity index (χ4v) is 1.75. The molecule has 2 unspecified atom stereocenters. The SMILES string of the molecule is CCCCC1CNC(C)C1. The second-order valence-corrected chi connectivity index (χ2v) is 3.55. The summed E-state index contributed by atoms with van der Waals surface area (Å²) < 4.78 is 0. The fourth-order valence-electron chi connectivity index (χ4n) is 1.75. The van der Waals surface area contributed by atoms with Crippen LogP contribution in [0.15, 0.2) is 0 Å². The zero-order valence-corrected chi connectivity index (χ0v) is 7.19. The van der Waals surface area contributed by atoms with E-state index in [0.29, 0.717) is 0 Å². The van der Waals surface area contributed by atoms with Gasteiger partial charge in [0, 0.05) is 6.04 Å². The van der Waals surface area contributed by atoms with Gasteiger partial charge >= 0.3 is 0 Å². The highest BCUT2D eigenvalue weighted by Gasteiger charge is 2.19. The molecule has 0 spiro atoms. The third-order valence-corrected chi connectivity index (χ3v) is 2.41. The molecule has 0 bridgehead atoms. The highest BCUT2D eigenvalue weighted by molar-refractivity contribution is 4.77. The largest absolute Gasteiger partial charge is 0.314 e. The van der Waals surface area contributed by atoms with Gasteiger partial charge in [-0.1, -0.05) is 19.8 Å². The van der Waals surface area contributed by atoms with E-state index in [1.54, 1.807) is 0 Å². The summed E-state index contributed by atoms with van der Waals surface area (Å²) in [4.78, 5) is 0. The number of hydrogen-bond acceptors (Lipinski definition) is 1. The minimum atomic E-state index is 0.779. The standard InChI is InChI=1S/C9H19N/c1-3-4-5-9-6-8(2)10-7-9/h8-10H,3-7H2,1-2H3. The van der Waals surface area contributed by atoms with Gasteiger partial charge in [-0.15, -0.1) is 0 Å². The van der Waals surface area contributed by atoms with Crippen molar-refractivity contribution in [1.82, 2.24) is 5.32 Å². The van der Waals surface area contributed by atoms with E-state index in [9.17, 15) is 0 Å². The summed E-state index contributed by atoms with van der Waals surface area (Å²) in [5.41, 5.74) is 0. The first-order valence-electron chi connectivity index (χ1n) is 4.56. The zero-order valence-electron chi connectivity index (χ0n) is 7.19. The van der Waals surface area contributed by atoms with Crippen molar-refractivity contribution in [1.29, 1.82) is 0 Å². The molecule has 1 fully saturated rings. The van der Waals surface area contributed by atoms with Crippen LogP contribution < -0.4 is 5.32 Å². The van der Waals surface area contributed by atoms with Crippen LogP contribution in [0.2, 0.25) is 0 Å². The molecule has 2 atom stereocenters. The molecular formula is C9H19N. The van der Waals surface area contributed by atoms with Crippen molar-refractivity contribution in [2.24, 2.45) is 5.92 Å². The Bertz CT molecular complexity index is 90.7. The van der Waals surface area contributed by atoms with Gasteiger partial charge in [-0.2, -0.15) is 0 Å². The molecule has 1 rings (SSSR count). The predicted octanol–water partition coefficient (Wildman–Crippen LogP) is 2.17. The maximum Gasteiger partial charge on any atom is 0.00419 e. The normalized spacial score (nSPS) is 33.0. The van der Waals surface area contributed by atoms with Crippen molar-refractivity contribution < 1.29 is 0 Å². The number of nitrogens with one attached hydrogen (secondary N) is 1. The molecule has 1 heterocycles. The van der Waals surface area contributed by atoms with E-state index in [2.05, 4.69) is 19.2 Å². The van der Waals surface area contributed by atoms with Gasteiger partial charge < -0.3 is 5.32 Å². The molecule has 0 aromatic carbocycles. The second kappa shape index (κ2) is 3.97. The lowest BCUT2D eigenvalue weighted by Crippen LogP contribution is -2.16. The Balaban J connectivity index is 2.06. The maximum absolute atomic E-state index is 3.48. The summed E-state index contributed by atoms with van der Waals surface area (Å²) in [5.74, 6) is 0.981. The molecule has 1 heteroatoms. The van der Waals surface area contributed by atoms with Crippen molar-refractivity contribution in [2.45, 2.75) is 45.6 Å². The van der Waals surface area contributed by atoms with Crippen molar-refractivity contribution in [3.8, 4) is 0 Å². The molecule has 1 N–H and O–H groups in total. The topological polar surface area (TPSA) is 12.0 Å². The van der Waals surface area contributed by atoms with Gasteiger partial charge in [-0.05, 0) is 32.2 Å². The zero-order chi connectivity index (χ0) is 7.40. The van der Waals surface area contributed by atoms with Gasteiger partial charge in [0.05, 0.1) is 0 Å². The van der Waals surface area contributed by atoms with Crippen molar-refractivity contribution in [3.05, 3.63) is 0 Å². The lowest BCUT2D eigenvalue weighted by Gasteiger charge is -2.05. The summed E-state index contributed by atoms with van der Waals surface area (Å²) in [7, 11) is 0. The molecule has 10 heavy (non-hydrogen) atoms. The molecule has 0 aromatic heterocycles. The lowest BCUT2D eigenvalue weighted by molar-refractivity contribution is 0.497. The van der Waals surface area contributed by atoms with Crippen molar-refractivity contribution in [2.75, 3.05) is 6.54 Å². The molecule has 0 radical (unpaired) electrons. The number of hydrogen-bond donors (Lipinski definition) is 1. The molecule has 1 aliphatic heterocycles. The first kappa shape index (κ1) is 8.06. The highest BCUT2D eigenvalue weighted by Crippen LogP contribution is 2.19. The van der Waals surface area contributed by atoms with Crippen LogP contribution in [-0.2, 0) is 0 Å². The van der Waals surface area contributed by atoms with Gasteiger partial charge in [0.15, 0.2) is 0 Å². The van der Waals surface area contributed by atoms with Gasteiger partial charge in [-0.3, -0.25) is 0 Å². The van der Waals surface area contributed by atoms with Crippen LogP contribution in [0.5, 0.6) is 0 Å². The average Bonchev–Trinajstić information content (AvgIpc) is 2.31. The molecule has 0 amide bonds. The Morgan fingerprint density at radius 2 is 2.30 bits per heavy atom. The van der Waals surface area contributed by atoms with E-state index >= 15 is 0 Å². The molecule has 1 nitrogen and oxygen atoms in total. The summed E-state index contributed by atoms with van der Waals surface area (Å²) in [5, 5.41) is 3.48. The Labute approximate surface area is 64.2 Å². The van der Waals surface area contributed by atoms with Crippen LogP contribution in [0, 0.1) is 5.92 Å². The molecule has 1 aliphatic rings. The minimum Gasteiger partial charge on any atom is -0.314 e. The third-order valence-electron chi connectivity index (χ3n) is 2.41. The van der Waals surface area contributed by atoms with Crippen molar-refractivity contribution in [3.63, 3.8) is 0 Å². The Morgan fingerprint density at radius 3 is 2.80 bits per heavy atom. The van der Waals surface area contributed by atoms with Gasteiger partial charge in [-0.25, -0.2) is 0 Å². The van der Waals surface area contributed by atoms with Crippen LogP contribution in [-0.4, -0.2) is 12.6 Å². The second-order valence-electron chi connectivity index (χ2n) is 3.55. The van der Waals surface area contributed by atoms with Crippen LogP contribution in [0.25, 0.3) is 0 Å². The first-order valence-corrected chi connectivity index (χ1v) is 4.56. The fraction of sp³-hybridized carbons (Fsp3) is 1.00. The summed E-state index contributed by atoms with van der Waals surface area (Å²) in [6.45, 7) is 5.82. The number of unbranched alkanes of at least 4 members (excludes halogenated alkanes) is 1. The molecule has 0 saturated carbocycles. The molecule has 1 saturated heterocycles. The molecule has 60 valence electrons.